The van der Waals surface area contributed by atoms with Crippen molar-refractivity contribution in [3.63, 3.8) is 0 Å². The third-order valence-corrected chi connectivity index (χ3v) is 2.58. The van der Waals surface area contributed by atoms with Gasteiger partial charge in [0.1, 0.15) is 5.69 Å². The van der Waals surface area contributed by atoms with Crippen molar-refractivity contribution < 1.29 is 9.72 Å². The van der Waals surface area contributed by atoms with Crippen LogP contribution in [0.25, 0.3) is 0 Å². The largest absolute Gasteiger partial charge is 0.379 e. The van der Waals surface area contributed by atoms with Crippen LogP contribution in [0.15, 0.2) is 18.2 Å². The summed E-state index contributed by atoms with van der Waals surface area (Å²) in [6, 6.07) is 4.17. The number of nitrogens with zero attached hydrogens (tertiary/aromatic N) is 2. The molecule has 0 unspecified atom stereocenters. The predicted molar refractivity (Wildman–Crippen MR) is 73.3 cm³/mol. The maximum Gasteiger partial charge on any atom is 0.293 e. The van der Waals surface area contributed by atoms with Crippen LogP contribution in [0.5, 0.6) is 0 Å². The van der Waals surface area contributed by atoms with Crippen LogP contribution >= 0.6 is 0 Å². The number of anilines is 1. The van der Waals surface area contributed by atoms with E-state index in [2.05, 4.69) is 5.32 Å². The monoisotopic (exact) mass is 266 g/mol. The molecule has 0 aliphatic heterocycles. The molecule has 7 nitrogen and oxygen atoms in total. The maximum atomic E-state index is 11.0. The van der Waals surface area contributed by atoms with E-state index in [1.807, 2.05) is 19.0 Å². The Morgan fingerprint density at radius 2 is 2.16 bits per heavy atom. The Bertz CT molecular complexity index is 474. The molecule has 1 rings (SSSR count). The number of nitrogens with two attached hydrogens (primary N) is 1. The number of amides is 1. The molecule has 0 bridgehead atoms. The average molecular weight is 266 g/mol. The summed E-state index contributed by atoms with van der Waals surface area (Å²) in [5.74, 6) is -0.678. The minimum Gasteiger partial charge on any atom is -0.379 e. The maximum absolute atomic E-state index is 11.0. The number of nitro benzene ring substituents is 1. The van der Waals surface area contributed by atoms with Crippen molar-refractivity contribution in [1.82, 2.24) is 4.90 Å². The van der Waals surface area contributed by atoms with E-state index in [0.717, 1.165) is 13.0 Å². The van der Waals surface area contributed by atoms with E-state index in [1.54, 1.807) is 0 Å². The molecule has 1 aromatic carbocycles. The van der Waals surface area contributed by atoms with E-state index < -0.39 is 10.8 Å². The third-order valence-electron chi connectivity index (χ3n) is 2.58. The van der Waals surface area contributed by atoms with Crippen molar-refractivity contribution in [2.24, 2.45) is 5.73 Å². The van der Waals surface area contributed by atoms with Crippen molar-refractivity contribution in [1.29, 1.82) is 0 Å². The molecular weight excluding hydrogens is 248 g/mol. The topological polar surface area (TPSA) is 102 Å². The molecule has 3 N–H and O–H groups in total. The summed E-state index contributed by atoms with van der Waals surface area (Å²) >= 11 is 0. The molecular formula is C12H18N4O3. The molecule has 1 amide bonds. The number of hydrogen-bond acceptors (Lipinski definition) is 5. The molecule has 0 radical (unpaired) electrons. The molecule has 1 aromatic rings. The number of primary amides is 1. The zero-order valence-electron chi connectivity index (χ0n) is 11.0. The molecule has 0 atom stereocenters. The Morgan fingerprint density at radius 3 is 2.68 bits per heavy atom. The Labute approximate surface area is 111 Å². The lowest BCUT2D eigenvalue weighted by Crippen LogP contribution is -2.17. The summed E-state index contributed by atoms with van der Waals surface area (Å²) in [7, 11) is 3.92. The molecule has 0 saturated carbocycles. The predicted octanol–water partition coefficient (Wildman–Crippen LogP) is 1.06. The average Bonchev–Trinajstić information content (AvgIpc) is 2.34. The molecule has 0 aromatic heterocycles. The van der Waals surface area contributed by atoms with Crippen LogP contribution in [0.3, 0.4) is 0 Å². The van der Waals surface area contributed by atoms with Gasteiger partial charge in [0.05, 0.1) is 4.92 Å². The zero-order chi connectivity index (χ0) is 14.4. The Hall–Kier alpha value is -2.15. The quantitative estimate of drug-likeness (QED) is 0.436. The van der Waals surface area contributed by atoms with E-state index in [9.17, 15) is 14.9 Å². The van der Waals surface area contributed by atoms with Gasteiger partial charge in [-0.1, -0.05) is 0 Å². The number of nitro groups is 1. The fourth-order valence-electron chi connectivity index (χ4n) is 1.60. The van der Waals surface area contributed by atoms with Gasteiger partial charge in [0, 0.05) is 18.2 Å². The van der Waals surface area contributed by atoms with Gasteiger partial charge in [-0.15, -0.1) is 0 Å². The number of hydrogen-bond donors (Lipinski definition) is 2. The van der Waals surface area contributed by atoms with Gasteiger partial charge >= 0.3 is 0 Å². The van der Waals surface area contributed by atoms with Crippen molar-refractivity contribution in [2.75, 3.05) is 32.5 Å². The first-order chi connectivity index (χ1) is 8.91. The summed E-state index contributed by atoms with van der Waals surface area (Å²) in [6.45, 7) is 1.51. The van der Waals surface area contributed by atoms with Crippen LogP contribution in [0.1, 0.15) is 16.8 Å². The molecule has 104 valence electrons. The number of carbonyl (C=O) groups is 1. The van der Waals surface area contributed by atoms with E-state index >= 15 is 0 Å². The van der Waals surface area contributed by atoms with Gasteiger partial charge in [0.25, 0.3) is 5.69 Å². The van der Waals surface area contributed by atoms with Crippen molar-refractivity contribution >= 4 is 17.3 Å². The second kappa shape index (κ2) is 6.69. The smallest absolute Gasteiger partial charge is 0.293 e. The molecule has 0 aliphatic carbocycles. The lowest BCUT2D eigenvalue weighted by molar-refractivity contribution is -0.384. The molecule has 0 heterocycles. The molecule has 19 heavy (non-hydrogen) atoms. The highest BCUT2D eigenvalue weighted by molar-refractivity contribution is 5.94. The summed E-state index contributed by atoms with van der Waals surface area (Å²) in [4.78, 5) is 23.4. The van der Waals surface area contributed by atoms with E-state index in [0.29, 0.717) is 12.2 Å². The number of rotatable bonds is 7. The van der Waals surface area contributed by atoms with Gasteiger partial charge in [-0.3, -0.25) is 14.9 Å². The van der Waals surface area contributed by atoms with Crippen molar-refractivity contribution in [2.45, 2.75) is 6.42 Å². The van der Waals surface area contributed by atoms with Crippen LogP contribution in [0.2, 0.25) is 0 Å². The number of nitrogens with one attached hydrogen (secondary N) is 1. The lowest BCUT2D eigenvalue weighted by Gasteiger charge is -2.11. The summed E-state index contributed by atoms with van der Waals surface area (Å²) in [6.07, 6.45) is 0.863. The second-order valence-electron chi connectivity index (χ2n) is 4.44. The van der Waals surface area contributed by atoms with Crippen LogP contribution in [0.4, 0.5) is 11.4 Å². The minimum atomic E-state index is -0.678. The van der Waals surface area contributed by atoms with Crippen LogP contribution < -0.4 is 11.1 Å². The number of carbonyl (C=O) groups excluding carboxylic acids is 1. The van der Waals surface area contributed by atoms with E-state index in [1.165, 1.54) is 18.2 Å². The zero-order valence-corrected chi connectivity index (χ0v) is 11.0. The first kappa shape index (κ1) is 14.9. The molecule has 0 spiro atoms. The fourth-order valence-corrected chi connectivity index (χ4v) is 1.60. The minimum absolute atomic E-state index is 0.130. The summed E-state index contributed by atoms with van der Waals surface area (Å²) < 4.78 is 0. The van der Waals surface area contributed by atoms with E-state index in [4.69, 9.17) is 5.73 Å². The summed E-state index contributed by atoms with van der Waals surface area (Å²) in [5, 5.41) is 13.9. The van der Waals surface area contributed by atoms with Gasteiger partial charge in [0.15, 0.2) is 0 Å². The van der Waals surface area contributed by atoms with Gasteiger partial charge < -0.3 is 16.0 Å². The van der Waals surface area contributed by atoms with Crippen molar-refractivity contribution in [3.05, 3.63) is 33.9 Å². The fraction of sp³-hybridized carbons (Fsp3) is 0.417. The summed E-state index contributed by atoms with van der Waals surface area (Å²) in [5.41, 5.74) is 5.49. The van der Waals surface area contributed by atoms with Crippen LogP contribution in [-0.2, 0) is 0 Å². The molecule has 7 heteroatoms. The van der Waals surface area contributed by atoms with Gasteiger partial charge in [-0.25, -0.2) is 0 Å². The molecule has 0 fully saturated rings. The highest BCUT2D eigenvalue weighted by atomic mass is 16.6. The molecule has 0 aliphatic rings. The highest BCUT2D eigenvalue weighted by Crippen LogP contribution is 2.25. The lowest BCUT2D eigenvalue weighted by atomic mass is 10.1. The Balaban J connectivity index is 2.77. The van der Waals surface area contributed by atoms with Gasteiger partial charge in [-0.05, 0) is 39.2 Å². The van der Waals surface area contributed by atoms with Crippen LogP contribution in [-0.4, -0.2) is 42.9 Å². The Kier molecular flexibility index (Phi) is 5.25. The van der Waals surface area contributed by atoms with Gasteiger partial charge in [-0.2, -0.15) is 0 Å². The third kappa shape index (κ3) is 4.55. The highest BCUT2D eigenvalue weighted by Gasteiger charge is 2.16. The van der Waals surface area contributed by atoms with Crippen molar-refractivity contribution in [3.8, 4) is 0 Å². The SMILES string of the molecule is CN(C)CCCNc1ccc(C(N)=O)cc1[N+](=O)[O-]. The Morgan fingerprint density at radius 1 is 1.47 bits per heavy atom. The van der Waals surface area contributed by atoms with E-state index in [-0.39, 0.29) is 11.3 Å². The van der Waals surface area contributed by atoms with Gasteiger partial charge in [0.2, 0.25) is 5.91 Å². The first-order valence-corrected chi connectivity index (χ1v) is 5.88. The first-order valence-electron chi connectivity index (χ1n) is 5.88. The second-order valence-corrected chi connectivity index (χ2v) is 4.44. The number of benzene rings is 1. The standard InChI is InChI=1S/C12H18N4O3/c1-15(2)7-3-6-14-10-5-4-9(12(13)17)8-11(10)16(18)19/h4-5,8,14H,3,6-7H2,1-2H3,(H2,13,17). The van der Waals surface area contributed by atoms with Crippen LogP contribution in [0, 0.1) is 10.1 Å². The molecule has 0 saturated heterocycles. The normalized spacial score (nSPS) is 10.5.